The number of likely N-dealkylation sites (N-methyl/N-ethyl adjacent to an activating group) is 1. The molecule has 0 atom stereocenters. The van der Waals surface area contributed by atoms with Crippen LogP contribution in [-0.4, -0.2) is 37.1 Å². The molecule has 0 radical (unpaired) electrons. The van der Waals surface area contributed by atoms with Gasteiger partial charge in [-0.15, -0.1) is 0 Å². The predicted molar refractivity (Wildman–Crippen MR) is 59.4 cm³/mol. The van der Waals surface area contributed by atoms with Gasteiger partial charge in [0.2, 0.25) is 0 Å². The lowest BCUT2D eigenvalue weighted by Gasteiger charge is -2.07. The van der Waals surface area contributed by atoms with Crippen molar-refractivity contribution in [3.8, 4) is 0 Å². The van der Waals surface area contributed by atoms with E-state index < -0.39 is 0 Å². The molecule has 1 heterocycles. The Morgan fingerprint density at radius 1 is 1.64 bits per heavy atom. The first-order valence-electron chi connectivity index (χ1n) is 4.63. The molecule has 80 valence electrons. The average Bonchev–Trinajstić information content (AvgIpc) is 2.53. The summed E-state index contributed by atoms with van der Waals surface area (Å²) in [6, 6.07) is 0. The van der Waals surface area contributed by atoms with E-state index in [1.165, 1.54) is 5.69 Å². The van der Waals surface area contributed by atoms with Crippen LogP contribution in [0.1, 0.15) is 5.69 Å². The van der Waals surface area contributed by atoms with E-state index in [-0.39, 0.29) is 0 Å². The zero-order valence-corrected chi connectivity index (χ0v) is 10.2. The van der Waals surface area contributed by atoms with E-state index in [4.69, 9.17) is 4.74 Å². The molecule has 0 aromatic carbocycles. The second-order valence-electron chi connectivity index (χ2n) is 3.01. The number of nitrogens with zero attached hydrogens (tertiary/aromatic N) is 2. The molecule has 0 spiro atoms. The van der Waals surface area contributed by atoms with Crippen molar-refractivity contribution in [2.45, 2.75) is 13.0 Å². The van der Waals surface area contributed by atoms with Gasteiger partial charge in [0.25, 0.3) is 0 Å². The fourth-order valence-electron chi connectivity index (χ4n) is 1.25. The summed E-state index contributed by atoms with van der Waals surface area (Å²) in [6.07, 6.45) is 2.81. The minimum absolute atomic E-state index is 0.695. The van der Waals surface area contributed by atoms with Crippen LogP contribution in [0.5, 0.6) is 0 Å². The van der Waals surface area contributed by atoms with E-state index in [1.807, 2.05) is 17.9 Å². The number of methoxy groups -OCH3 is 1. The minimum Gasteiger partial charge on any atom is -0.383 e. The Hall–Kier alpha value is -0.390. The van der Waals surface area contributed by atoms with E-state index in [9.17, 15) is 0 Å². The van der Waals surface area contributed by atoms with Crippen molar-refractivity contribution in [3.05, 3.63) is 16.4 Å². The molecule has 1 rings (SSSR count). The lowest BCUT2D eigenvalue weighted by atomic mass is 10.3. The van der Waals surface area contributed by atoms with E-state index >= 15 is 0 Å². The topological polar surface area (TPSA) is 39.1 Å². The third-order valence-corrected chi connectivity index (χ3v) is 2.68. The van der Waals surface area contributed by atoms with Gasteiger partial charge < -0.3 is 10.1 Å². The molecular formula is C9H16BrN3O. The van der Waals surface area contributed by atoms with Crippen LogP contribution in [0.25, 0.3) is 0 Å². The molecule has 0 saturated carbocycles. The number of hydrogen-bond donors (Lipinski definition) is 1. The Bertz CT molecular complexity index is 275. The smallest absolute Gasteiger partial charge is 0.0658 e. The lowest BCUT2D eigenvalue weighted by Crippen LogP contribution is -2.15. The zero-order valence-electron chi connectivity index (χ0n) is 8.59. The third-order valence-electron chi connectivity index (χ3n) is 2.02. The van der Waals surface area contributed by atoms with Crippen LogP contribution in [0.2, 0.25) is 0 Å². The van der Waals surface area contributed by atoms with Gasteiger partial charge in [0.05, 0.1) is 29.5 Å². The monoisotopic (exact) mass is 261 g/mol. The van der Waals surface area contributed by atoms with Crippen LogP contribution in [0.4, 0.5) is 0 Å². The number of hydrogen-bond acceptors (Lipinski definition) is 3. The second-order valence-corrected chi connectivity index (χ2v) is 3.86. The number of aromatic nitrogens is 2. The summed E-state index contributed by atoms with van der Waals surface area (Å²) in [7, 11) is 3.65. The minimum atomic E-state index is 0.695. The highest BCUT2D eigenvalue weighted by Gasteiger charge is 2.07. The fraction of sp³-hybridized carbons (Fsp3) is 0.667. The van der Waals surface area contributed by atoms with Crippen LogP contribution in [-0.2, 0) is 17.7 Å². The van der Waals surface area contributed by atoms with E-state index in [2.05, 4.69) is 26.3 Å². The molecule has 14 heavy (non-hydrogen) atoms. The summed E-state index contributed by atoms with van der Waals surface area (Å²) in [5.74, 6) is 0. The third kappa shape index (κ3) is 3.08. The number of ether oxygens (including phenoxy) is 1. The Morgan fingerprint density at radius 3 is 3.07 bits per heavy atom. The molecule has 1 aromatic heterocycles. The van der Waals surface area contributed by atoms with Crippen molar-refractivity contribution < 1.29 is 4.74 Å². The number of rotatable bonds is 6. The van der Waals surface area contributed by atoms with Crippen LogP contribution >= 0.6 is 15.9 Å². The van der Waals surface area contributed by atoms with Gasteiger partial charge in [-0.25, -0.2) is 0 Å². The molecular weight excluding hydrogens is 246 g/mol. The molecule has 0 unspecified atom stereocenters. The summed E-state index contributed by atoms with van der Waals surface area (Å²) in [4.78, 5) is 0. The Kier molecular flexibility index (Phi) is 5.14. The fourth-order valence-corrected chi connectivity index (χ4v) is 1.74. The maximum atomic E-state index is 5.02. The summed E-state index contributed by atoms with van der Waals surface area (Å²) in [6.45, 7) is 2.46. The van der Waals surface area contributed by atoms with Gasteiger partial charge in [-0.2, -0.15) is 5.10 Å². The summed E-state index contributed by atoms with van der Waals surface area (Å²) in [5, 5.41) is 7.39. The van der Waals surface area contributed by atoms with Gasteiger partial charge in [-0.1, -0.05) is 0 Å². The second kappa shape index (κ2) is 6.16. The first-order chi connectivity index (χ1) is 6.79. The van der Waals surface area contributed by atoms with Crippen LogP contribution in [0.3, 0.4) is 0 Å². The summed E-state index contributed by atoms with van der Waals surface area (Å²) in [5.41, 5.74) is 1.22. The molecule has 0 amide bonds. The molecule has 1 N–H and O–H groups in total. The maximum Gasteiger partial charge on any atom is 0.0658 e. The lowest BCUT2D eigenvalue weighted by molar-refractivity contribution is 0.182. The Balaban J connectivity index is 2.62. The van der Waals surface area contributed by atoms with Gasteiger partial charge in [0.15, 0.2) is 0 Å². The van der Waals surface area contributed by atoms with E-state index in [1.54, 1.807) is 7.11 Å². The predicted octanol–water partition coefficient (Wildman–Crippen LogP) is 1.05. The first-order valence-corrected chi connectivity index (χ1v) is 5.42. The Labute approximate surface area is 92.8 Å². The van der Waals surface area contributed by atoms with Gasteiger partial charge >= 0.3 is 0 Å². The molecule has 0 aliphatic carbocycles. The molecule has 0 aliphatic heterocycles. The van der Waals surface area contributed by atoms with Crippen molar-refractivity contribution in [1.82, 2.24) is 15.1 Å². The van der Waals surface area contributed by atoms with Gasteiger partial charge in [0.1, 0.15) is 0 Å². The number of halogens is 1. The van der Waals surface area contributed by atoms with Crippen molar-refractivity contribution in [2.75, 3.05) is 27.3 Å². The molecule has 0 saturated heterocycles. The molecule has 5 heteroatoms. The van der Waals surface area contributed by atoms with Crippen LogP contribution in [0, 0.1) is 0 Å². The number of nitrogens with one attached hydrogen (secondary N) is 1. The highest BCUT2D eigenvalue weighted by atomic mass is 79.9. The SMILES string of the molecule is CNCCc1c(Br)cnn1CCOC. The highest BCUT2D eigenvalue weighted by Crippen LogP contribution is 2.16. The summed E-state index contributed by atoms with van der Waals surface area (Å²) < 4.78 is 8.07. The van der Waals surface area contributed by atoms with E-state index in [0.717, 1.165) is 24.0 Å². The molecule has 0 fully saturated rings. The van der Waals surface area contributed by atoms with Crippen molar-refractivity contribution in [3.63, 3.8) is 0 Å². The van der Waals surface area contributed by atoms with Crippen molar-refractivity contribution in [2.24, 2.45) is 0 Å². The van der Waals surface area contributed by atoms with Gasteiger partial charge in [-0.05, 0) is 23.0 Å². The van der Waals surface area contributed by atoms with Crippen molar-refractivity contribution >= 4 is 15.9 Å². The van der Waals surface area contributed by atoms with Crippen molar-refractivity contribution in [1.29, 1.82) is 0 Å². The largest absolute Gasteiger partial charge is 0.383 e. The first kappa shape index (κ1) is 11.7. The Morgan fingerprint density at radius 2 is 2.43 bits per heavy atom. The maximum absolute atomic E-state index is 5.02. The standard InChI is InChI=1S/C9H16BrN3O/c1-11-4-3-9-8(10)7-12-13(9)5-6-14-2/h7,11H,3-6H2,1-2H3. The summed E-state index contributed by atoms with van der Waals surface area (Å²) >= 11 is 3.49. The average molecular weight is 262 g/mol. The van der Waals surface area contributed by atoms with Gasteiger partial charge in [0, 0.05) is 20.1 Å². The highest BCUT2D eigenvalue weighted by molar-refractivity contribution is 9.10. The molecule has 0 aliphatic rings. The normalized spacial score (nSPS) is 10.8. The zero-order chi connectivity index (χ0) is 10.4. The molecule has 1 aromatic rings. The quantitative estimate of drug-likeness (QED) is 0.833. The molecule has 0 bridgehead atoms. The van der Waals surface area contributed by atoms with Crippen LogP contribution < -0.4 is 5.32 Å². The van der Waals surface area contributed by atoms with E-state index in [0.29, 0.717) is 6.61 Å². The van der Waals surface area contributed by atoms with Gasteiger partial charge in [-0.3, -0.25) is 4.68 Å². The van der Waals surface area contributed by atoms with Crippen LogP contribution in [0.15, 0.2) is 10.7 Å². The molecule has 4 nitrogen and oxygen atoms in total.